The van der Waals surface area contributed by atoms with Crippen LogP contribution >= 0.6 is 0 Å². The molecular formula is C19H25N3O2. The molecule has 1 aromatic carbocycles. The number of benzene rings is 1. The highest BCUT2D eigenvalue weighted by molar-refractivity contribution is 5.79. The first-order chi connectivity index (χ1) is 11.7. The first-order valence-corrected chi connectivity index (χ1v) is 8.63. The Morgan fingerprint density at radius 2 is 2.12 bits per heavy atom. The number of aryl methyl sites for hydroxylation is 1. The van der Waals surface area contributed by atoms with Gasteiger partial charge >= 0.3 is 0 Å². The van der Waals surface area contributed by atoms with Crippen molar-refractivity contribution in [2.24, 2.45) is 0 Å². The summed E-state index contributed by atoms with van der Waals surface area (Å²) in [6.07, 6.45) is 2.55. The van der Waals surface area contributed by atoms with Gasteiger partial charge in [0.05, 0.1) is 12.3 Å². The van der Waals surface area contributed by atoms with Gasteiger partial charge in [-0.25, -0.2) is 4.98 Å². The van der Waals surface area contributed by atoms with E-state index in [4.69, 9.17) is 9.72 Å². The number of aromatic amines is 1. The van der Waals surface area contributed by atoms with Gasteiger partial charge in [-0.1, -0.05) is 43.7 Å². The molecule has 0 bridgehead atoms. The number of aromatic nitrogens is 2. The molecule has 1 aliphatic heterocycles. The number of H-pyrrole nitrogens is 1. The predicted molar refractivity (Wildman–Crippen MR) is 93.8 cm³/mol. The molecule has 0 unspecified atom stereocenters. The van der Waals surface area contributed by atoms with Gasteiger partial charge in [0.1, 0.15) is 5.82 Å². The van der Waals surface area contributed by atoms with Crippen LogP contribution in [0.25, 0.3) is 11.3 Å². The van der Waals surface area contributed by atoms with Gasteiger partial charge in [0.25, 0.3) is 0 Å². The Morgan fingerprint density at radius 3 is 2.83 bits per heavy atom. The summed E-state index contributed by atoms with van der Waals surface area (Å²) in [5.41, 5.74) is 3.32. The maximum absolute atomic E-state index is 12.2. The average molecular weight is 327 g/mol. The van der Waals surface area contributed by atoms with E-state index in [1.165, 1.54) is 5.69 Å². The van der Waals surface area contributed by atoms with Crippen LogP contribution < -0.4 is 0 Å². The van der Waals surface area contributed by atoms with Gasteiger partial charge in [-0.2, -0.15) is 0 Å². The van der Waals surface area contributed by atoms with Crippen molar-refractivity contribution in [3.63, 3.8) is 0 Å². The molecular weight excluding hydrogens is 302 g/mol. The van der Waals surface area contributed by atoms with Crippen molar-refractivity contribution in [3.8, 4) is 11.3 Å². The number of ether oxygens (including phenoxy) is 1. The number of carbonyl (C=O) groups is 1. The first-order valence-electron chi connectivity index (χ1n) is 8.63. The molecule has 1 aromatic heterocycles. The summed E-state index contributed by atoms with van der Waals surface area (Å²) >= 11 is 0. The smallest absolute Gasteiger partial charge is 0.223 e. The number of rotatable bonds is 7. The molecule has 2 heterocycles. The molecule has 1 aliphatic rings. The number of hydrogen-bond donors (Lipinski definition) is 1. The zero-order valence-corrected chi connectivity index (χ0v) is 14.4. The minimum absolute atomic E-state index is 0.141. The number of nitrogens with zero attached hydrogens (tertiary/aromatic N) is 2. The summed E-state index contributed by atoms with van der Waals surface area (Å²) in [4.78, 5) is 22.4. The van der Waals surface area contributed by atoms with Gasteiger partial charge < -0.3 is 14.6 Å². The summed E-state index contributed by atoms with van der Waals surface area (Å²) < 4.78 is 5.09. The molecule has 1 saturated heterocycles. The van der Waals surface area contributed by atoms with Crippen molar-refractivity contribution in [1.29, 1.82) is 0 Å². The quantitative estimate of drug-likeness (QED) is 0.850. The summed E-state index contributed by atoms with van der Waals surface area (Å²) in [5.74, 6) is 1.26. The number of nitrogens with one attached hydrogen (secondary N) is 1. The highest BCUT2D eigenvalue weighted by Gasteiger charge is 2.32. The number of methoxy groups -OCH3 is 1. The molecule has 0 saturated carbocycles. The first kappa shape index (κ1) is 16.7. The Kier molecular flexibility index (Phi) is 5.30. The van der Waals surface area contributed by atoms with Crippen molar-refractivity contribution in [3.05, 3.63) is 41.9 Å². The zero-order chi connectivity index (χ0) is 16.9. The zero-order valence-electron chi connectivity index (χ0n) is 14.4. The Hall–Kier alpha value is -2.14. The Labute approximate surface area is 143 Å². The number of hydrogen-bond acceptors (Lipinski definition) is 3. The summed E-state index contributed by atoms with van der Waals surface area (Å²) in [6, 6.07) is 10.3. The van der Waals surface area contributed by atoms with E-state index >= 15 is 0 Å². The van der Waals surface area contributed by atoms with Crippen molar-refractivity contribution >= 4 is 5.91 Å². The lowest BCUT2D eigenvalue weighted by Gasteiger charge is -2.15. The second-order valence-corrected chi connectivity index (χ2v) is 6.30. The third kappa shape index (κ3) is 3.51. The van der Waals surface area contributed by atoms with Gasteiger partial charge in [-0.3, -0.25) is 4.79 Å². The largest absolute Gasteiger partial charge is 0.383 e. The van der Waals surface area contributed by atoms with Gasteiger partial charge in [-0.05, 0) is 6.42 Å². The molecule has 1 N–H and O–H groups in total. The summed E-state index contributed by atoms with van der Waals surface area (Å²) in [5, 5.41) is 0. The van der Waals surface area contributed by atoms with Crippen molar-refractivity contribution in [2.45, 2.75) is 32.1 Å². The number of likely N-dealkylation sites (tertiary alicyclic amines) is 1. The molecule has 1 amide bonds. The molecule has 3 rings (SSSR count). The Morgan fingerprint density at radius 1 is 1.33 bits per heavy atom. The lowest BCUT2D eigenvalue weighted by Crippen LogP contribution is -2.28. The van der Waals surface area contributed by atoms with Crippen LogP contribution in [0.4, 0.5) is 0 Å². The minimum Gasteiger partial charge on any atom is -0.383 e. The fourth-order valence-electron chi connectivity index (χ4n) is 3.26. The van der Waals surface area contributed by atoms with E-state index < -0.39 is 0 Å². The molecule has 2 aromatic rings. The number of imidazole rings is 1. The standard InChI is InChI=1S/C19H25N3O2/c1-3-7-16-18(14-8-5-4-6-9-14)21-19(20-16)15-12-17(23)22(13-15)10-11-24-2/h4-6,8-9,15H,3,7,10-13H2,1-2H3,(H,20,21)/t15-/m0/s1. The summed E-state index contributed by atoms with van der Waals surface area (Å²) in [7, 11) is 1.66. The number of amides is 1. The maximum atomic E-state index is 12.2. The van der Waals surface area contributed by atoms with Gasteiger partial charge in [0, 0.05) is 43.8 Å². The van der Waals surface area contributed by atoms with Crippen LogP contribution in [0.15, 0.2) is 30.3 Å². The molecule has 1 atom stereocenters. The van der Waals surface area contributed by atoms with E-state index in [1.807, 2.05) is 23.1 Å². The lowest BCUT2D eigenvalue weighted by atomic mass is 10.1. The van der Waals surface area contributed by atoms with Gasteiger partial charge in [0.15, 0.2) is 0 Å². The number of carbonyl (C=O) groups excluding carboxylic acids is 1. The van der Waals surface area contributed by atoms with Crippen LogP contribution in [-0.2, 0) is 16.0 Å². The molecule has 5 heteroatoms. The second kappa shape index (κ2) is 7.62. The van der Waals surface area contributed by atoms with E-state index in [0.717, 1.165) is 36.5 Å². The van der Waals surface area contributed by atoms with Crippen molar-refractivity contribution < 1.29 is 9.53 Å². The molecule has 24 heavy (non-hydrogen) atoms. The topological polar surface area (TPSA) is 58.2 Å². The van der Waals surface area contributed by atoms with Crippen LogP contribution in [0.3, 0.4) is 0 Å². The van der Waals surface area contributed by atoms with E-state index in [1.54, 1.807) is 7.11 Å². The fraction of sp³-hybridized carbons (Fsp3) is 0.474. The van der Waals surface area contributed by atoms with Crippen LogP contribution in [-0.4, -0.2) is 47.6 Å². The third-order valence-corrected chi connectivity index (χ3v) is 4.51. The molecule has 0 radical (unpaired) electrons. The van der Waals surface area contributed by atoms with Crippen molar-refractivity contribution in [2.75, 3.05) is 26.8 Å². The SMILES string of the molecule is CCCc1[nH]c([C@H]2CC(=O)N(CCOC)C2)nc1-c1ccccc1. The monoisotopic (exact) mass is 327 g/mol. The normalized spacial score (nSPS) is 17.7. The Bertz CT molecular complexity index is 681. The Balaban J connectivity index is 1.83. The molecule has 1 fully saturated rings. The third-order valence-electron chi connectivity index (χ3n) is 4.51. The lowest BCUT2D eigenvalue weighted by molar-refractivity contribution is -0.128. The second-order valence-electron chi connectivity index (χ2n) is 6.30. The minimum atomic E-state index is 0.141. The molecule has 5 nitrogen and oxygen atoms in total. The van der Waals surface area contributed by atoms with Crippen LogP contribution in [0.2, 0.25) is 0 Å². The highest BCUT2D eigenvalue weighted by atomic mass is 16.5. The van der Waals surface area contributed by atoms with Crippen LogP contribution in [0.5, 0.6) is 0 Å². The molecule has 128 valence electrons. The average Bonchev–Trinajstić information content (AvgIpc) is 3.18. The van der Waals surface area contributed by atoms with E-state index in [0.29, 0.717) is 19.6 Å². The fourth-order valence-corrected chi connectivity index (χ4v) is 3.26. The van der Waals surface area contributed by atoms with Gasteiger partial charge in [0.2, 0.25) is 5.91 Å². The van der Waals surface area contributed by atoms with E-state index in [9.17, 15) is 4.79 Å². The molecule has 0 spiro atoms. The summed E-state index contributed by atoms with van der Waals surface area (Å²) in [6.45, 7) is 4.11. The molecule has 0 aliphatic carbocycles. The van der Waals surface area contributed by atoms with Crippen LogP contribution in [0, 0.1) is 0 Å². The maximum Gasteiger partial charge on any atom is 0.223 e. The van der Waals surface area contributed by atoms with E-state index in [2.05, 4.69) is 24.0 Å². The predicted octanol–water partition coefficient (Wildman–Crippen LogP) is 2.99. The van der Waals surface area contributed by atoms with E-state index in [-0.39, 0.29) is 11.8 Å². The van der Waals surface area contributed by atoms with Crippen LogP contribution in [0.1, 0.15) is 37.2 Å². The highest BCUT2D eigenvalue weighted by Crippen LogP contribution is 2.30. The van der Waals surface area contributed by atoms with Gasteiger partial charge in [-0.15, -0.1) is 0 Å². The van der Waals surface area contributed by atoms with Crippen molar-refractivity contribution in [1.82, 2.24) is 14.9 Å².